The van der Waals surface area contributed by atoms with Crippen LogP contribution >= 0.6 is 0 Å². The summed E-state index contributed by atoms with van der Waals surface area (Å²) >= 11 is 0. The van der Waals surface area contributed by atoms with E-state index in [1.54, 1.807) is 24.5 Å². The van der Waals surface area contributed by atoms with Gasteiger partial charge in [-0.15, -0.1) is 0 Å². The molecule has 0 aliphatic carbocycles. The molecule has 0 unspecified atom stereocenters. The number of nitrogens with one attached hydrogen (secondary N) is 2. The Bertz CT molecular complexity index is 904. The molecule has 3 aromatic rings. The Hall–Kier alpha value is -3.15. The highest BCUT2D eigenvalue weighted by atomic mass is 16.3. The molecular weight excluding hydrogens is 330 g/mol. The number of carbonyl (C=O) groups is 2. The fourth-order valence-electron chi connectivity index (χ4n) is 2.71. The van der Waals surface area contributed by atoms with E-state index in [9.17, 15) is 9.59 Å². The summed E-state index contributed by atoms with van der Waals surface area (Å²) in [5.41, 5.74) is 6.64. The number of aromatic nitrogens is 1. The Labute approximate surface area is 151 Å². The van der Waals surface area contributed by atoms with Crippen molar-refractivity contribution >= 4 is 22.7 Å². The third kappa shape index (κ3) is 4.08. The topological polar surface area (TPSA) is 84.2 Å². The minimum atomic E-state index is -0.389. The molecule has 1 aromatic carbocycles. The van der Waals surface area contributed by atoms with Crippen LogP contribution < -0.4 is 10.9 Å². The van der Waals surface area contributed by atoms with Gasteiger partial charge in [0.25, 0.3) is 5.91 Å². The zero-order valence-electron chi connectivity index (χ0n) is 14.6. The van der Waals surface area contributed by atoms with Gasteiger partial charge in [-0.3, -0.25) is 20.4 Å². The number of nitrogens with zero attached hydrogens (tertiary/aromatic N) is 1. The van der Waals surface area contributed by atoms with E-state index in [4.69, 9.17) is 4.42 Å². The van der Waals surface area contributed by atoms with E-state index in [0.717, 1.165) is 19.3 Å². The Balaban J connectivity index is 1.81. The molecule has 0 fully saturated rings. The summed E-state index contributed by atoms with van der Waals surface area (Å²) < 4.78 is 5.39. The summed E-state index contributed by atoms with van der Waals surface area (Å²) in [5.74, 6) is -0.00919. The van der Waals surface area contributed by atoms with Gasteiger partial charge in [-0.2, -0.15) is 0 Å². The quantitative estimate of drug-likeness (QED) is 0.522. The maximum Gasteiger partial charge on any atom is 0.270 e. The van der Waals surface area contributed by atoms with E-state index in [1.807, 2.05) is 24.3 Å². The number of hydrazine groups is 1. The molecule has 0 atom stereocenters. The van der Waals surface area contributed by atoms with Crippen LogP contribution in [0, 0.1) is 0 Å². The molecule has 6 nitrogen and oxygen atoms in total. The van der Waals surface area contributed by atoms with Gasteiger partial charge >= 0.3 is 0 Å². The molecule has 6 heteroatoms. The molecule has 0 radical (unpaired) electrons. The van der Waals surface area contributed by atoms with E-state index in [1.165, 1.54) is 0 Å². The third-order valence-corrected chi connectivity index (χ3v) is 4.06. The predicted molar refractivity (Wildman–Crippen MR) is 99.2 cm³/mol. The van der Waals surface area contributed by atoms with Crippen LogP contribution in [0.1, 0.15) is 43.0 Å². The van der Waals surface area contributed by atoms with Crippen molar-refractivity contribution in [2.75, 3.05) is 0 Å². The van der Waals surface area contributed by atoms with Crippen LogP contribution in [-0.4, -0.2) is 16.8 Å². The molecule has 0 saturated carbocycles. The lowest BCUT2D eigenvalue weighted by Crippen LogP contribution is -2.41. The number of pyridine rings is 1. The zero-order chi connectivity index (χ0) is 18.4. The van der Waals surface area contributed by atoms with Crippen molar-refractivity contribution in [3.05, 3.63) is 54.3 Å². The minimum absolute atomic E-state index is 0.198. The molecule has 0 bridgehead atoms. The number of furan rings is 1. The van der Waals surface area contributed by atoms with Crippen molar-refractivity contribution in [3.63, 3.8) is 0 Å². The van der Waals surface area contributed by atoms with Crippen LogP contribution in [0.15, 0.2) is 53.1 Å². The van der Waals surface area contributed by atoms with Crippen molar-refractivity contribution in [1.82, 2.24) is 15.8 Å². The molecule has 2 heterocycles. The van der Waals surface area contributed by atoms with Crippen LogP contribution in [0.2, 0.25) is 0 Å². The maximum atomic E-state index is 12.6. The van der Waals surface area contributed by atoms with E-state index < -0.39 is 0 Å². The van der Waals surface area contributed by atoms with Gasteiger partial charge in [0.05, 0.1) is 17.3 Å². The number of fused-ring (bicyclic) bond motifs is 1. The van der Waals surface area contributed by atoms with Crippen molar-refractivity contribution < 1.29 is 14.0 Å². The van der Waals surface area contributed by atoms with E-state index in [0.29, 0.717) is 34.3 Å². The Kier molecular flexibility index (Phi) is 5.63. The molecule has 26 heavy (non-hydrogen) atoms. The highest BCUT2D eigenvalue weighted by Crippen LogP contribution is 2.25. The van der Waals surface area contributed by atoms with Gasteiger partial charge in [-0.1, -0.05) is 38.0 Å². The van der Waals surface area contributed by atoms with Crippen LogP contribution in [0.5, 0.6) is 0 Å². The molecule has 2 N–H and O–H groups in total. The van der Waals surface area contributed by atoms with Gasteiger partial charge in [0.15, 0.2) is 5.76 Å². The lowest BCUT2D eigenvalue weighted by molar-refractivity contribution is -0.121. The summed E-state index contributed by atoms with van der Waals surface area (Å²) in [6, 6.07) is 12.6. The first kappa shape index (κ1) is 17.7. The fraction of sp³-hybridized carbons (Fsp3) is 0.250. The van der Waals surface area contributed by atoms with Gasteiger partial charge < -0.3 is 4.42 Å². The average Bonchev–Trinajstić information content (AvgIpc) is 3.20. The second kappa shape index (κ2) is 8.29. The lowest BCUT2D eigenvalue weighted by Gasteiger charge is -2.10. The third-order valence-electron chi connectivity index (χ3n) is 4.06. The number of rotatable bonds is 6. The molecule has 0 spiro atoms. The lowest BCUT2D eigenvalue weighted by atomic mass is 10.1. The number of carbonyl (C=O) groups excluding carboxylic acids is 2. The second-order valence-corrected chi connectivity index (χ2v) is 6.01. The first-order valence-corrected chi connectivity index (χ1v) is 8.72. The Morgan fingerprint density at radius 2 is 1.92 bits per heavy atom. The first-order valence-electron chi connectivity index (χ1n) is 8.72. The highest BCUT2D eigenvalue weighted by molar-refractivity contribution is 6.07. The van der Waals surface area contributed by atoms with Crippen LogP contribution in [0.25, 0.3) is 22.4 Å². The second-order valence-electron chi connectivity index (χ2n) is 6.01. The summed E-state index contributed by atoms with van der Waals surface area (Å²) in [6.07, 6.45) is 4.78. The number of para-hydroxylation sites is 1. The summed E-state index contributed by atoms with van der Waals surface area (Å²) in [4.78, 5) is 29.0. The average molecular weight is 351 g/mol. The van der Waals surface area contributed by atoms with Gasteiger partial charge in [-0.05, 0) is 30.7 Å². The Morgan fingerprint density at radius 3 is 2.69 bits per heavy atom. The largest absolute Gasteiger partial charge is 0.463 e. The van der Waals surface area contributed by atoms with Gasteiger partial charge in [0, 0.05) is 11.8 Å². The summed E-state index contributed by atoms with van der Waals surface area (Å²) in [7, 11) is 0. The standard InChI is InChI=1S/C20H21N3O3/c1-2-3-4-11-19(24)22-23-20(25)15-13-17(18-10-7-12-26-18)21-16-9-6-5-8-14(15)16/h5-10,12-13H,2-4,11H2,1H3,(H,22,24)(H,23,25). The van der Waals surface area contributed by atoms with Crippen LogP contribution in [0.4, 0.5) is 0 Å². The molecule has 134 valence electrons. The molecule has 0 aliphatic heterocycles. The summed E-state index contributed by atoms with van der Waals surface area (Å²) in [6.45, 7) is 2.07. The molecule has 2 aromatic heterocycles. The summed E-state index contributed by atoms with van der Waals surface area (Å²) in [5, 5.41) is 0.709. The SMILES string of the molecule is CCCCCC(=O)NNC(=O)c1cc(-c2ccco2)nc2ccccc12. The smallest absolute Gasteiger partial charge is 0.270 e. The van der Waals surface area contributed by atoms with Gasteiger partial charge in [0.1, 0.15) is 5.69 Å². The minimum Gasteiger partial charge on any atom is -0.463 e. The zero-order valence-corrected chi connectivity index (χ0v) is 14.6. The van der Waals surface area contributed by atoms with Crippen LogP contribution in [-0.2, 0) is 4.79 Å². The van der Waals surface area contributed by atoms with E-state index in [-0.39, 0.29) is 11.8 Å². The van der Waals surface area contributed by atoms with Gasteiger partial charge in [-0.25, -0.2) is 4.98 Å². The van der Waals surface area contributed by atoms with Crippen molar-refractivity contribution in [2.24, 2.45) is 0 Å². The first-order chi connectivity index (χ1) is 12.7. The van der Waals surface area contributed by atoms with Crippen molar-refractivity contribution in [2.45, 2.75) is 32.6 Å². The van der Waals surface area contributed by atoms with E-state index >= 15 is 0 Å². The van der Waals surface area contributed by atoms with Crippen molar-refractivity contribution in [1.29, 1.82) is 0 Å². The molecule has 3 rings (SSSR count). The number of unbranched alkanes of at least 4 members (excludes halogenated alkanes) is 2. The molecule has 2 amide bonds. The number of benzene rings is 1. The van der Waals surface area contributed by atoms with Gasteiger partial charge in [0.2, 0.25) is 5.91 Å². The number of hydrogen-bond acceptors (Lipinski definition) is 4. The molecular formula is C20H21N3O3. The molecule has 0 saturated heterocycles. The Morgan fingerprint density at radius 1 is 1.08 bits per heavy atom. The number of amides is 2. The van der Waals surface area contributed by atoms with Crippen LogP contribution in [0.3, 0.4) is 0 Å². The molecule has 0 aliphatic rings. The van der Waals surface area contributed by atoms with Crippen molar-refractivity contribution in [3.8, 4) is 11.5 Å². The normalized spacial score (nSPS) is 10.7. The van der Waals surface area contributed by atoms with E-state index in [2.05, 4.69) is 22.8 Å². The maximum absolute atomic E-state index is 12.6. The number of hydrogen-bond donors (Lipinski definition) is 2. The predicted octanol–water partition coefficient (Wildman–Crippen LogP) is 3.84. The highest BCUT2D eigenvalue weighted by Gasteiger charge is 2.15. The monoisotopic (exact) mass is 351 g/mol. The fourth-order valence-corrected chi connectivity index (χ4v) is 2.71.